The van der Waals surface area contributed by atoms with Crippen LogP contribution in [0.25, 0.3) is 0 Å². The Morgan fingerprint density at radius 1 is 0.815 bits per heavy atom. The van der Waals surface area contributed by atoms with Gasteiger partial charge in [0.05, 0.1) is 4.90 Å². The van der Waals surface area contributed by atoms with Crippen LogP contribution in [0.4, 0.5) is 5.69 Å². The first-order valence-corrected chi connectivity index (χ1v) is 10.3. The van der Waals surface area contributed by atoms with Crippen molar-refractivity contribution in [1.82, 2.24) is 0 Å². The van der Waals surface area contributed by atoms with Gasteiger partial charge in [0.15, 0.2) is 0 Å². The van der Waals surface area contributed by atoms with Crippen molar-refractivity contribution in [3.05, 3.63) is 95.6 Å². The minimum absolute atomic E-state index is 0.215. The molecule has 3 aromatic rings. The van der Waals surface area contributed by atoms with E-state index in [1.807, 2.05) is 60.4 Å². The average molecular weight is 376 g/mol. The lowest BCUT2D eigenvalue weighted by molar-refractivity contribution is 0.597. The normalized spacial score (nSPS) is 15.6. The summed E-state index contributed by atoms with van der Waals surface area (Å²) in [5, 5.41) is 0. The predicted molar refractivity (Wildman–Crippen MR) is 109 cm³/mol. The molecule has 1 aliphatic heterocycles. The largest absolute Gasteiger partial charge is 0.324 e. The minimum Gasteiger partial charge on any atom is -0.324 e. The van der Waals surface area contributed by atoms with E-state index in [2.05, 4.69) is 10.5 Å². The number of hydrogen-bond donors (Lipinski definition) is 0. The highest BCUT2D eigenvalue weighted by Gasteiger charge is 2.25. The molecule has 0 bridgehead atoms. The van der Waals surface area contributed by atoms with Crippen LogP contribution in [-0.2, 0) is 23.0 Å². The summed E-state index contributed by atoms with van der Waals surface area (Å²) in [6.45, 7) is 2.53. The first kappa shape index (κ1) is 17.5. The van der Waals surface area contributed by atoms with Crippen molar-refractivity contribution in [2.45, 2.75) is 24.8 Å². The standard InChI is InChI=1S/C22H20N2O2S/c1-17-11-13-21(14-12-17)27(25,26)23-22-15-18-7-5-6-8-19(18)16-24(22)20-9-3-2-4-10-20/h2-14H,15-16H2,1H3. The Morgan fingerprint density at radius 2 is 1.44 bits per heavy atom. The molecule has 3 aromatic carbocycles. The Balaban J connectivity index is 1.80. The fourth-order valence-corrected chi connectivity index (χ4v) is 4.27. The summed E-state index contributed by atoms with van der Waals surface area (Å²) < 4.78 is 30.0. The molecule has 0 radical (unpaired) electrons. The third-order valence-corrected chi connectivity index (χ3v) is 6.04. The fourth-order valence-electron chi connectivity index (χ4n) is 3.24. The van der Waals surface area contributed by atoms with E-state index < -0.39 is 10.0 Å². The number of benzene rings is 3. The second-order valence-electron chi connectivity index (χ2n) is 6.66. The van der Waals surface area contributed by atoms with Gasteiger partial charge in [-0.1, -0.05) is 60.2 Å². The molecule has 0 N–H and O–H groups in total. The third kappa shape index (κ3) is 3.64. The Bertz CT molecular complexity index is 1090. The van der Waals surface area contributed by atoms with Crippen molar-refractivity contribution in [3.63, 3.8) is 0 Å². The maximum Gasteiger partial charge on any atom is 0.283 e. The Kier molecular flexibility index (Phi) is 4.54. The van der Waals surface area contributed by atoms with E-state index in [4.69, 9.17) is 0 Å². The number of anilines is 1. The summed E-state index contributed by atoms with van der Waals surface area (Å²) in [6, 6.07) is 24.7. The number of aryl methyl sites for hydroxylation is 1. The fraction of sp³-hybridized carbons (Fsp3) is 0.136. The second-order valence-corrected chi connectivity index (χ2v) is 8.27. The molecule has 0 saturated heterocycles. The van der Waals surface area contributed by atoms with E-state index in [0.717, 1.165) is 16.8 Å². The Labute approximate surface area is 159 Å². The molecule has 136 valence electrons. The van der Waals surface area contributed by atoms with Gasteiger partial charge in [0.25, 0.3) is 10.0 Å². The van der Waals surface area contributed by atoms with Gasteiger partial charge in [0, 0.05) is 18.7 Å². The summed E-state index contributed by atoms with van der Waals surface area (Å²) >= 11 is 0. The third-order valence-electron chi connectivity index (χ3n) is 4.72. The monoisotopic (exact) mass is 376 g/mol. The molecule has 0 spiro atoms. The zero-order valence-corrected chi connectivity index (χ0v) is 15.9. The molecule has 0 saturated carbocycles. The summed E-state index contributed by atoms with van der Waals surface area (Å²) in [5.74, 6) is 0.542. The number of sulfonamides is 1. The van der Waals surface area contributed by atoms with Gasteiger partial charge in [-0.3, -0.25) is 0 Å². The molecular formula is C22H20N2O2S. The molecule has 0 atom stereocenters. The van der Waals surface area contributed by atoms with E-state index in [-0.39, 0.29) is 4.90 Å². The SMILES string of the molecule is Cc1ccc(S(=O)(=O)N=C2Cc3ccccc3CN2c2ccccc2)cc1. The molecule has 27 heavy (non-hydrogen) atoms. The predicted octanol–water partition coefficient (Wildman–Crippen LogP) is 4.35. The lowest BCUT2D eigenvalue weighted by Crippen LogP contribution is -2.37. The maximum absolute atomic E-state index is 12.9. The highest BCUT2D eigenvalue weighted by Crippen LogP contribution is 2.27. The summed E-state index contributed by atoms with van der Waals surface area (Å²) in [4.78, 5) is 2.20. The molecule has 4 rings (SSSR count). The van der Waals surface area contributed by atoms with Crippen molar-refractivity contribution in [1.29, 1.82) is 0 Å². The zero-order chi connectivity index (χ0) is 18.9. The zero-order valence-electron chi connectivity index (χ0n) is 15.0. The van der Waals surface area contributed by atoms with E-state index in [1.54, 1.807) is 24.3 Å². The van der Waals surface area contributed by atoms with Gasteiger partial charge in [0.1, 0.15) is 5.84 Å². The van der Waals surface area contributed by atoms with Crippen LogP contribution >= 0.6 is 0 Å². The average Bonchev–Trinajstić information content (AvgIpc) is 2.68. The first-order valence-electron chi connectivity index (χ1n) is 8.83. The second kappa shape index (κ2) is 7.00. The van der Waals surface area contributed by atoms with Crippen LogP contribution in [0.5, 0.6) is 0 Å². The van der Waals surface area contributed by atoms with E-state index in [0.29, 0.717) is 18.8 Å². The quantitative estimate of drug-likeness (QED) is 0.683. The lowest BCUT2D eigenvalue weighted by Gasteiger charge is -2.31. The Hall–Kier alpha value is -2.92. The van der Waals surface area contributed by atoms with Crippen molar-refractivity contribution in [3.8, 4) is 0 Å². The van der Waals surface area contributed by atoms with Crippen molar-refractivity contribution < 1.29 is 8.42 Å². The Morgan fingerprint density at radius 3 is 2.15 bits per heavy atom. The first-order chi connectivity index (χ1) is 13.0. The molecule has 0 aromatic heterocycles. The van der Waals surface area contributed by atoms with Crippen LogP contribution < -0.4 is 4.90 Å². The molecule has 5 heteroatoms. The highest BCUT2D eigenvalue weighted by molar-refractivity contribution is 7.90. The number of para-hydroxylation sites is 1. The van der Waals surface area contributed by atoms with Crippen molar-refractivity contribution in [2.75, 3.05) is 4.90 Å². The van der Waals surface area contributed by atoms with Crippen LogP contribution in [-0.4, -0.2) is 14.3 Å². The smallest absolute Gasteiger partial charge is 0.283 e. The van der Waals surface area contributed by atoms with Gasteiger partial charge in [-0.25, -0.2) is 0 Å². The number of amidine groups is 1. The molecule has 0 amide bonds. The summed E-state index contributed by atoms with van der Waals surface area (Å²) in [7, 11) is -3.77. The molecule has 0 fully saturated rings. The van der Waals surface area contributed by atoms with Crippen LogP contribution in [0.3, 0.4) is 0 Å². The number of fused-ring (bicyclic) bond motifs is 1. The molecule has 1 aliphatic rings. The van der Waals surface area contributed by atoms with Crippen LogP contribution in [0.1, 0.15) is 16.7 Å². The summed E-state index contributed by atoms with van der Waals surface area (Å²) in [5.41, 5.74) is 4.25. The molecule has 0 aliphatic carbocycles. The van der Waals surface area contributed by atoms with Gasteiger partial charge in [-0.15, -0.1) is 4.40 Å². The molecule has 0 unspecified atom stereocenters. The maximum atomic E-state index is 12.9. The van der Waals surface area contributed by atoms with Gasteiger partial charge < -0.3 is 4.90 Å². The van der Waals surface area contributed by atoms with Crippen molar-refractivity contribution in [2.24, 2.45) is 4.40 Å². The van der Waals surface area contributed by atoms with Gasteiger partial charge >= 0.3 is 0 Å². The van der Waals surface area contributed by atoms with E-state index in [1.165, 1.54) is 5.56 Å². The number of hydrogen-bond acceptors (Lipinski definition) is 2. The molecule has 1 heterocycles. The topological polar surface area (TPSA) is 49.7 Å². The van der Waals surface area contributed by atoms with Crippen LogP contribution in [0, 0.1) is 6.92 Å². The van der Waals surface area contributed by atoms with Crippen molar-refractivity contribution >= 4 is 21.5 Å². The van der Waals surface area contributed by atoms with E-state index >= 15 is 0 Å². The van der Waals surface area contributed by atoms with Gasteiger partial charge in [0.2, 0.25) is 0 Å². The van der Waals surface area contributed by atoms with E-state index in [9.17, 15) is 8.42 Å². The molecule has 4 nitrogen and oxygen atoms in total. The van der Waals surface area contributed by atoms with Gasteiger partial charge in [-0.2, -0.15) is 8.42 Å². The number of rotatable bonds is 3. The number of nitrogens with zero attached hydrogens (tertiary/aromatic N) is 2. The van der Waals surface area contributed by atoms with Crippen LogP contribution in [0.15, 0.2) is 88.2 Å². The highest BCUT2D eigenvalue weighted by atomic mass is 32.2. The van der Waals surface area contributed by atoms with Gasteiger partial charge in [-0.05, 0) is 42.3 Å². The minimum atomic E-state index is -3.77. The lowest BCUT2D eigenvalue weighted by atomic mass is 9.98. The van der Waals surface area contributed by atoms with Crippen LogP contribution in [0.2, 0.25) is 0 Å². The molecular weight excluding hydrogens is 356 g/mol. The summed E-state index contributed by atoms with van der Waals surface area (Å²) in [6.07, 6.45) is 0.482.